The van der Waals surface area contributed by atoms with Crippen LogP contribution in [0.4, 0.5) is 0 Å². The van der Waals surface area contributed by atoms with Crippen LogP contribution in [0, 0.1) is 6.92 Å². The van der Waals surface area contributed by atoms with Gasteiger partial charge in [0.1, 0.15) is 5.58 Å². The summed E-state index contributed by atoms with van der Waals surface area (Å²) < 4.78 is 5.61. The molecule has 0 bridgehead atoms. The third-order valence-electron chi connectivity index (χ3n) is 5.07. The monoisotopic (exact) mass is 319 g/mol. The van der Waals surface area contributed by atoms with Crippen LogP contribution in [0.3, 0.4) is 0 Å². The van der Waals surface area contributed by atoms with Crippen LogP contribution in [0.2, 0.25) is 0 Å². The first-order valence-electron chi connectivity index (χ1n) is 8.50. The maximum atomic E-state index is 12.6. The molecule has 1 fully saturated rings. The largest absolute Gasteiger partial charge is 0.464 e. The second-order valence-electron chi connectivity index (χ2n) is 6.79. The van der Waals surface area contributed by atoms with Crippen molar-refractivity contribution in [1.82, 2.24) is 5.32 Å². The third kappa shape index (κ3) is 2.60. The molecule has 0 spiro atoms. The Balaban J connectivity index is 1.54. The number of benzene rings is 2. The Hall–Kier alpha value is -2.55. The molecule has 1 aliphatic carbocycles. The molecule has 122 valence electrons. The Morgan fingerprint density at radius 3 is 2.67 bits per heavy atom. The van der Waals surface area contributed by atoms with Gasteiger partial charge in [-0.05, 0) is 43.4 Å². The number of fused-ring (bicyclic) bond motifs is 1. The van der Waals surface area contributed by atoms with Crippen molar-refractivity contribution in [2.75, 3.05) is 0 Å². The molecule has 1 N–H and O–H groups in total. The molecule has 0 unspecified atom stereocenters. The van der Waals surface area contributed by atoms with Gasteiger partial charge in [0.25, 0.3) is 0 Å². The van der Waals surface area contributed by atoms with E-state index in [1.54, 1.807) is 6.26 Å². The molecule has 24 heavy (non-hydrogen) atoms. The Bertz CT molecular complexity index is 875. The molecule has 3 aromatic rings. The van der Waals surface area contributed by atoms with Gasteiger partial charge in [-0.15, -0.1) is 0 Å². The molecule has 1 amide bonds. The maximum Gasteiger partial charge on any atom is 0.225 e. The lowest BCUT2D eigenvalue weighted by Gasteiger charge is -2.43. The summed E-state index contributed by atoms with van der Waals surface area (Å²) in [6.45, 7) is 2.04. The van der Waals surface area contributed by atoms with Gasteiger partial charge in [-0.25, -0.2) is 0 Å². The number of hydrogen-bond acceptors (Lipinski definition) is 2. The minimum Gasteiger partial charge on any atom is -0.464 e. The molecule has 4 rings (SSSR count). The zero-order chi connectivity index (χ0) is 16.6. The minimum atomic E-state index is -0.186. The van der Waals surface area contributed by atoms with Gasteiger partial charge < -0.3 is 9.73 Å². The lowest BCUT2D eigenvalue weighted by Crippen LogP contribution is -2.51. The van der Waals surface area contributed by atoms with Crippen LogP contribution in [0.15, 0.2) is 59.2 Å². The van der Waals surface area contributed by atoms with Gasteiger partial charge in [-0.3, -0.25) is 4.79 Å². The van der Waals surface area contributed by atoms with Crippen LogP contribution in [0.1, 0.15) is 36.0 Å². The molecule has 0 radical (unpaired) electrons. The number of carbonyl (C=O) groups excluding carboxylic acids is 1. The summed E-state index contributed by atoms with van der Waals surface area (Å²) in [7, 11) is 0. The lowest BCUT2D eigenvalue weighted by molar-refractivity contribution is -0.123. The van der Waals surface area contributed by atoms with E-state index in [9.17, 15) is 4.79 Å². The number of aryl methyl sites for hydroxylation is 1. The van der Waals surface area contributed by atoms with Crippen molar-refractivity contribution in [3.63, 3.8) is 0 Å². The quantitative estimate of drug-likeness (QED) is 0.770. The van der Waals surface area contributed by atoms with Crippen molar-refractivity contribution in [3.05, 3.63) is 71.5 Å². The molecule has 1 heterocycles. The highest BCUT2D eigenvalue weighted by Crippen LogP contribution is 2.41. The highest BCUT2D eigenvalue weighted by atomic mass is 16.3. The van der Waals surface area contributed by atoms with Crippen molar-refractivity contribution < 1.29 is 9.21 Å². The fourth-order valence-electron chi connectivity index (χ4n) is 3.58. The van der Waals surface area contributed by atoms with Crippen molar-refractivity contribution in [3.8, 4) is 0 Å². The van der Waals surface area contributed by atoms with Crippen molar-refractivity contribution >= 4 is 16.9 Å². The fraction of sp³-hybridized carbons (Fsp3) is 0.286. The smallest absolute Gasteiger partial charge is 0.225 e. The zero-order valence-corrected chi connectivity index (χ0v) is 13.8. The Labute approximate surface area is 141 Å². The lowest BCUT2D eigenvalue weighted by atomic mass is 9.71. The van der Waals surface area contributed by atoms with Crippen molar-refractivity contribution in [2.24, 2.45) is 0 Å². The summed E-state index contributed by atoms with van der Waals surface area (Å²) in [6, 6.07) is 16.4. The summed E-state index contributed by atoms with van der Waals surface area (Å²) in [5.41, 5.74) is 3.97. The van der Waals surface area contributed by atoms with Crippen LogP contribution in [0.25, 0.3) is 11.0 Å². The van der Waals surface area contributed by atoms with Crippen LogP contribution in [-0.2, 0) is 16.8 Å². The second kappa shape index (κ2) is 5.82. The van der Waals surface area contributed by atoms with E-state index in [2.05, 4.69) is 23.5 Å². The molecular weight excluding hydrogens is 298 g/mol. The number of rotatable bonds is 4. The van der Waals surface area contributed by atoms with Crippen molar-refractivity contribution in [1.29, 1.82) is 0 Å². The maximum absolute atomic E-state index is 12.6. The van der Waals surface area contributed by atoms with E-state index in [0.29, 0.717) is 6.42 Å². The first kappa shape index (κ1) is 15.0. The standard InChI is InChI=1S/C21H21NO2/c1-15-8-9-18-16(14-24-19(18)12-15)13-20(23)22-21(10-5-11-21)17-6-3-2-4-7-17/h2-4,6-9,12,14H,5,10-11,13H2,1H3,(H,22,23). The average Bonchev–Trinajstić information content (AvgIpc) is 2.93. The highest BCUT2D eigenvalue weighted by molar-refractivity contribution is 5.88. The van der Waals surface area contributed by atoms with Gasteiger partial charge in [-0.2, -0.15) is 0 Å². The first-order valence-corrected chi connectivity index (χ1v) is 8.50. The van der Waals surface area contributed by atoms with E-state index < -0.39 is 0 Å². The van der Waals surface area contributed by atoms with Gasteiger partial charge in [0.05, 0.1) is 18.2 Å². The van der Waals surface area contributed by atoms with Crippen LogP contribution >= 0.6 is 0 Å². The Morgan fingerprint density at radius 2 is 1.96 bits per heavy atom. The van der Waals surface area contributed by atoms with Crippen LogP contribution < -0.4 is 5.32 Å². The minimum absolute atomic E-state index is 0.0572. The molecule has 1 aliphatic rings. The molecule has 3 nitrogen and oxygen atoms in total. The summed E-state index contributed by atoms with van der Waals surface area (Å²) in [5.74, 6) is 0.0572. The molecule has 0 saturated heterocycles. The third-order valence-corrected chi connectivity index (χ3v) is 5.07. The molecule has 3 heteroatoms. The predicted molar refractivity (Wildman–Crippen MR) is 94.8 cm³/mol. The summed E-state index contributed by atoms with van der Waals surface area (Å²) in [4.78, 5) is 12.6. The second-order valence-corrected chi connectivity index (χ2v) is 6.79. The van der Waals surface area contributed by atoms with E-state index in [1.165, 1.54) is 5.56 Å². The van der Waals surface area contributed by atoms with Crippen molar-refractivity contribution in [2.45, 2.75) is 38.1 Å². The number of amides is 1. The van der Waals surface area contributed by atoms with Gasteiger partial charge >= 0.3 is 0 Å². The van der Waals surface area contributed by atoms with Gasteiger partial charge in [-0.1, -0.05) is 42.5 Å². The summed E-state index contributed by atoms with van der Waals surface area (Å²) in [5, 5.41) is 4.31. The van der Waals surface area contributed by atoms with Gasteiger partial charge in [0.15, 0.2) is 0 Å². The zero-order valence-electron chi connectivity index (χ0n) is 13.8. The topological polar surface area (TPSA) is 42.2 Å². The highest BCUT2D eigenvalue weighted by Gasteiger charge is 2.39. The van der Waals surface area contributed by atoms with E-state index >= 15 is 0 Å². The van der Waals surface area contributed by atoms with Crippen LogP contribution in [0.5, 0.6) is 0 Å². The van der Waals surface area contributed by atoms with E-state index in [-0.39, 0.29) is 11.4 Å². The summed E-state index contributed by atoms with van der Waals surface area (Å²) >= 11 is 0. The number of carbonyl (C=O) groups is 1. The van der Waals surface area contributed by atoms with Gasteiger partial charge in [0.2, 0.25) is 5.91 Å². The molecule has 2 aromatic carbocycles. The van der Waals surface area contributed by atoms with E-state index in [4.69, 9.17) is 4.42 Å². The number of hydrogen-bond donors (Lipinski definition) is 1. The number of furan rings is 1. The molecule has 0 atom stereocenters. The SMILES string of the molecule is Cc1ccc2c(CC(=O)NC3(c4ccccc4)CCC3)coc2c1. The number of nitrogens with one attached hydrogen (secondary N) is 1. The average molecular weight is 319 g/mol. The normalized spacial score (nSPS) is 15.9. The molecule has 0 aliphatic heterocycles. The molecular formula is C21H21NO2. The first-order chi connectivity index (χ1) is 11.7. The predicted octanol–water partition coefficient (Wildman–Crippen LogP) is 4.48. The Kier molecular flexibility index (Phi) is 3.64. The summed E-state index contributed by atoms with van der Waals surface area (Å²) in [6.07, 6.45) is 5.23. The molecule has 1 saturated carbocycles. The Morgan fingerprint density at radius 1 is 1.17 bits per heavy atom. The van der Waals surface area contributed by atoms with E-state index in [0.717, 1.165) is 41.4 Å². The van der Waals surface area contributed by atoms with Gasteiger partial charge in [0, 0.05) is 10.9 Å². The van der Waals surface area contributed by atoms with E-state index in [1.807, 2.05) is 37.3 Å². The fourth-order valence-corrected chi connectivity index (χ4v) is 3.58. The molecule has 1 aromatic heterocycles. The van der Waals surface area contributed by atoms with Crippen LogP contribution in [-0.4, -0.2) is 5.91 Å².